The second kappa shape index (κ2) is 27.7. The molecule has 0 spiro atoms. The summed E-state index contributed by atoms with van der Waals surface area (Å²) in [6.45, 7) is 12.8. The highest BCUT2D eigenvalue weighted by Gasteiger charge is 2.36. The van der Waals surface area contributed by atoms with Crippen molar-refractivity contribution in [3.05, 3.63) is 0 Å². The van der Waals surface area contributed by atoms with E-state index in [2.05, 4.69) is 21.3 Å². The maximum atomic E-state index is 13.4. The smallest absolute Gasteiger partial charge is 0.306 e. The van der Waals surface area contributed by atoms with Crippen LogP contribution < -0.4 is 21.3 Å². The van der Waals surface area contributed by atoms with Gasteiger partial charge in [-0.1, -0.05) is 53.9 Å². The average Bonchev–Trinajstić information content (AvgIpc) is 3.89. The zero-order chi connectivity index (χ0) is 47.4. The summed E-state index contributed by atoms with van der Waals surface area (Å²) in [7, 11) is 0. The summed E-state index contributed by atoms with van der Waals surface area (Å²) in [5.74, 6) is -7.03. The van der Waals surface area contributed by atoms with Gasteiger partial charge in [0.05, 0.1) is 42.7 Å². The number of aliphatic hydroxyl groups is 1. The number of amides is 4. The SMILES string of the molecule is CCCCC[C@H](CC(=O)[C@@H]1CCCN1C(=O)CCC(=O)[C@H](C)NC(=O)[C@@H](CC(=O)CNC(=O)[C@@H](CC(=O)[C@H](C)NC(=O)CCC(=O)[C@@H]1C[C@@H](O)CN1)CC(C)C)CC(C)C)C(=O)O. The lowest BCUT2D eigenvalue weighted by atomic mass is 9.89. The Hall–Kier alpha value is -4.38. The molecule has 2 fully saturated rings. The van der Waals surface area contributed by atoms with Crippen LogP contribution in [0.1, 0.15) is 151 Å². The predicted octanol–water partition coefficient (Wildman–Crippen LogP) is 3.01. The molecule has 0 radical (unpaired) electrons. The number of hydrogen-bond acceptors (Lipinski definition) is 12. The van der Waals surface area contributed by atoms with Crippen LogP contribution in [-0.2, 0) is 47.9 Å². The number of rotatable bonds is 31. The Balaban J connectivity index is 1.89. The minimum atomic E-state index is -1.03. The van der Waals surface area contributed by atoms with Crippen molar-refractivity contribution in [2.24, 2.45) is 29.6 Å². The standard InChI is InChI=1S/C46H75N5O12/c1-8-9-10-12-31(46(62)63)22-41(57)37-13-11-18-51(37)43(59)17-15-38(54)29(6)50-45(61)32(19-27(2)3)21-34(52)26-48-44(60)33(20-28(4)5)23-40(56)30(7)49-42(58)16-14-39(55)36-24-35(53)25-47-36/h27-33,35-37,47,53H,8-26H2,1-7H3,(H,48,60)(H,49,58)(H,50,61)(H,62,63)/t29-,30-,31+,32+,33+,35+,36-,37-/m0/s1. The number of Topliss-reactive ketones (excluding diaryl/α,β-unsaturated/α-hetero) is 5. The summed E-state index contributed by atoms with van der Waals surface area (Å²) in [5, 5.41) is 30.1. The zero-order valence-corrected chi connectivity index (χ0v) is 38.6. The molecule has 2 aliphatic heterocycles. The van der Waals surface area contributed by atoms with Gasteiger partial charge in [0.25, 0.3) is 0 Å². The number of likely N-dealkylation sites (tertiary alicyclic amines) is 1. The van der Waals surface area contributed by atoms with Crippen molar-refractivity contribution in [2.45, 2.75) is 181 Å². The van der Waals surface area contributed by atoms with E-state index in [1.165, 1.54) is 18.7 Å². The summed E-state index contributed by atoms with van der Waals surface area (Å²) in [5.41, 5.74) is 0. The lowest BCUT2D eigenvalue weighted by Gasteiger charge is -2.25. The zero-order valence-electron chi connectivity index (χ0n) is 38.6. The summed E-state index contributed by atoms with van der Waals surface area (Å²) in [6, 6.07) is -3.13. The van der Waals surface area contributed by atoms with Gasteiger partial charge in [0, 0.05) is 69.9 Å². The van der Waals surface area contributed by atoms with E-state index in [-0.39, 0.29) is 87.2 Å². The van der Waals surface area contributed by atoms with Crippen molar-refractivity contribution in [1.29, 1.82) is 0 Å². The lowest BCUT2D eigenvalue weighted by molar-refractivity contribution is -0.145. The van der Waals surface area contributed by atoms with Crippen LogP contribution >= 0.6 is 0 Å². The van der Waals surface area contributed by atoms with Gasteiger partial charge in [-0.2, -0.15) is 0 Å². The van der Waals surface area contributed by atoms with Crippen molar-refractivity contribution in [3.63, 3.8) is 0 Å². The maximum Gasteiger partial charge on any atom is 0.306 e. The fourth-order valence-electron chi connectivity index (χ4n) is 8.30. The molecule has 2 saturated heterocycles. The van der Waals surface area contributed by atoms with Crippen LogP contribution in [0.3, 0.4) is 0 Å². The van der Waals surface area contributed by atoms with Crippen LogP contribution in [0.5, 0.6) is 0 Å². The first kappa shape index (κ1) is 54.8. The molecule has 356 valence electrons. The second-order valence-electron chi connectivity index (χ2n) is 18.5. The third kappa shape index (κ3) is 19.9. The monoisotopic (exact) mass is 890 g/mol. The van der Waals surface area contributed by atoms with Crippen molar-refractivity contribution in [1.82, 2.24) is 26.2 Å². The molecule has 0 aliphatic carbocycles. The Kier molecular flexibility index (Phi) is 24.1. The number of β-amino-alcohol motifs (C(OH)–C–C–N with tert-alkyl or cyclic N) is 1. The molecule has 0 aromatic heterocycles. The number of hydrogen-bond donors (Lipinski definition) is 6. The molecule has 6 N–H and O–H groups in total. The minimum absolute atomic E-state index is 0.00716. The molecule has 0 aromatic rings. The lowest BCUT2D eigenvalue weighted by Crippen LogP contribution is -2.44. The average molecular weight is 890 g/mol. The summed E-state index contributed by atoms with van der Waals surface area (Å²) in [6.07, 6.45) is 3.14. The number of aliphatic hydroxyl groups excluding tert-OH is 1. The van der Waals surface area contributed by atoms with Crippen molar-refractivity contribution < 1.29 is 58.2 Å². The van der Waals surface area contributed by atoms with Gasteiger partial charge in [-0.05, 0) is 64.2 Å². The van der Waals surface area contributed by atoms with Crippen LogP contribution in [0.15, 0.2) is 0 Å². The van der Waals surface area contributed by atoms with E-state index in [9.17, 15) is 58.2 Å². The molecule has 8 atom stereocenters. The van der Waals surface area contributed by atoms with Crippen molar-refractivity contribution >= 4 is 58.5 Å². The van der Waals surface area contributed by atoms with Crippen LogP contribution in [0.25, 0.3) is 0 Å². The first-order chi connectivity index (χ1) is 29.6. The number of aliphatic carboxylic acids is 1. The van der Waals surface area contributed by atoms with E-state index in [0.29, 0.717) is 51.6 Å². The number of unbranched alkanes of at least 4 members (excludes halogenated alkanes) is 2. The molecule has 2 heterocycles. The molecule has 4 amide bonds. The summed E-state index contributed by atoms with van der Waals surface area (Å²) in [4.78, 5) is 131. The third-order valence-corrected chi connectivity index (χ3v) is 11.9. The van der Waals surface area contributed by atoms with Crippen LogP contribution in [0.4, 0.5) is 0 Å². The van der Waals surface area contributed by atoms with Crippen molar-refractivity contribution in [2.75, 3.05) is 19.6 Å². The first-order valence-corrected chi connectivity index (χ1v) is 23.1. The van der Waals surface area contributed by atoms with Gasteiger partial charge in [-0.3, -0.25) is 47.9 Å². The normalized spacial score (nSPS) is 19.8. The van der Waals surface area contributed by atoms with E-state index in [1.54, 1.807) is 0 Å². The molecule has 2 aliphatic rings. The van der Waals surface area contributed by atoms with Gasteiger partial charge in [0.15, 0.2) is 23.1 Å². The summed E-state index contributed by atoms with van der Waals surface area (Å²) < 4.78 is 0. The topological polar surface area (TPSA) is 263 Å². The minimum Gasteiger partial charge on any atom is -0.481 e. The van der Waals surface area contributed by atoms with Crippen LogP contribution in [0.2, 0.25) is 0 Å². The fourth-order valence-corrected chi connectivity index (χ4v) is 8.30. The molecule has 0 aromatic carbocycles. The second-order valence-corrected chi connectivity index (χ2v) is 18.5. The number of nitrogens with zero attached hydrogens (tertiary/aromatic N) is 1. The first-order valence-electron chi connectivity index (χ1n) is 23.1. The molecule has 17 heteroatoms. The van der Waals surface area contributed by atoms with Gasteiger partial charge >= 0.3 is 5.97 Å². The van der Waals surface area contributed by atoms with E-state index >= 15 is 0 Å². The predicted molar refractivity (Wildman–Crippen MR) is 234 cm³/mol. The van der Waals surface area contributed by atoms with Gasteiger partial charge < -0.3 is 36.4 Å². The van der Waals surface area contributed by atoms with Crippen LogP contribution in [-0.4, -0.2) is 124 Å². The number of carboxylic acid groups (broad SMARTS) is 1. The molecule has 17 nitrogen and oxygen atoms in total. The number of nitrogens with one attached hydrogen (secondary N) is 4. The highest BCUT2D eigenvalue weighted by Crippen LogP contribution is 2.25. The van der Waals surface area contributed by atoms with Gasteiger partial charge in [0.2, 0.25) is 23.6 Å². The van der Waals surface area contributed by atoms with Gasteiger partial charge in [-0.25, -0.2) is 0 Å². The van der Waals surface area contributed by atoms with E-state index < -0.39 is 89.1 Å². The van der Waals surface area contributed by atoms with E-state index in [0.717, 1.165) is 12.8 Å². The maximum absolute atomic E-state index is 13.4. The third-order valence-electron chi connectivity index (χ3n) is 11.9. The number of carbonyl (C=O) groups is 10. The quantitative estimate of drug-likeness (QED) is 0.0548. The largest absolute Gasteiger partial charge is 0.481 e. The molecule has 0 unspecified atom stereocenters. The highest BCUT2D eigenvalue weighted by atomic mass is 16.4. The number of carboxylic acids is 1. The molecule has 0 saturated carbocycles. The molecular formula is C46H75N5O12. The van der Waals surface area contributed by atoms with Gasteiger partial charge in [0.1, 0.15) is 5.78 Å². The Labute approximate surface area is 372 Å². The molecular weight excluding hydrogens is 815 g/mol. The van der Waals surface area contributed by atoms with E-state index in [4.69, 9.17) is 0 Å². The number of ketones is 5. The summed E-state index contributed by atoms with van der Waals surface area (Å²) >= 11 is 0. The number of carbonyl (C=O) groups excluding carboxylic acids is 9. The Morgan fingerprint density at radius 1 is 0.714 bits per heavy atom. The van der Waals surface area contributed by atoms with Gasteiger partial charge in [-0.15, -0.1) is 0 Å². The van der Waals surface area contributed by atoms with Crippen LogP contribution in [0, 0.1) is 29.6 Å². The Bertz CT molecular complexity index is 1610. The Morgan fingerprint density at radius 2 is 1.35 bits per heavy atom. The van der Waals surface area contributed by atoms with E-state index in [1.807, 2.05) is 34.6 Å². The molecule has 0 bridgehead atoms. The Morgan fingerprint density at radius 3 is 1.94 bits per heavy atom. The van der Waals surface area contributed by atoms with Crippen molar-refractivity contribution in [3.8, 4) is 0 Å². The fraction of sp³-hybridized carbons (Fsp3) is 0.783. The molecule has 63 heavy (non-hydrogen) atoms. The highest BCUT2D eigenvalue weighted by molar-refractivity contribution is 5.97. The molecule has 2 rings (SSSR count).